The van der Waals surface area contributed by atoms with Gasteiger partial charge in [0.15, 0.2) is 0 Å². The van der Waals surface area contributed by atoms with E-state index in [4.69, 9.17) is 0 Å². The molecule has 2 N–H and O–H groups in total. The van der Waals surface area contributed by atoms with Gasteiger partial charge in [-0.3, -0.25) is 9.59 Å². The first-order valence-electron chi connectivity index (χ1n) is 12.1. The average molecular weight is 506 g/mol. The number of sulfonamides is 1. The Kier molecular flexibility index (Phi) is 8.18. The van der Waals surface area contributed by atoms with Crippen LogP contribution >= 0.6 is 0 Å². The average Bonchev–Trinajstić information content (AvgIpc) is 2.90. The molecule has 1 aliphatic rings. The van der Waals surface area contributed by atoms with Crippen molar-refractivity contribution in [3.8, 4) is 0 Å². The smallest absolute Gasteiger partial charge is 0.253 e. The van der Waals surface area contributed by atoms with Crippen molar-refractivity contribution >= 4 is 27.5 Å². The van der Waals surface area contributed by atoms with Gasteiger partial charge in [-0.2, -0.15) is 0 Å². The van der Waals surface area contributed by atoms with E-state index in [0.717, 1.165) is 11.1 Å². The third-order valence-corrected chi connectivity index (χ3v) is 8.34. The topological polar surface area (TPSA) is 95.6 Å². The van der Waals surface area contributed by atoms with E-state index in [0.29, 0.717) is 37.2 Å². The Morgan fingerprint density at radius 3 is 2.14 bits per heavy atom. The highest BCUT2D eigenvalue weighted by atomic mass is 32.2. The van der Waals surface area contributed by atoms with Gasteiger partial charge >= 0.3 is 0 Å². The molecule has 1 heterocycles. The third kappa shape index (κ3) is 6.38. The minimum Gasteiger partial charge on any atom is -0.345 e. The van der Waals surface area contributed by atoms with E-state index < -0.39 is 10.0 Å². The molecule has 0 saturated carbocycles. The lowest BCUT2D eigenvalue weighted by Gasteiger charge is -2.30. The SMILES string of the molecule is C[C@@H](NC(=O)c1ccccc1NC(=O)C1CCN(S(=O)(=O)Cc2ccccc2)CC1)c1ccccc1. The van der Waals surface area contributed by atoms with Crippen molar-refractivity contribution in [2.75, 3.05) is 18.4 Å². The first-order chi connectivity index (χ1) is 17.3. The Hall–Kier alpha value is -3.49. The van der Waals surface area contributed by atoms with Crippen LogP contribution in [0.3, 0.4) is 0 Å². The lowest BCUT2D eigenvalue weighted by atomic mass is 9.97. The summed E-state index contributed by atoms with van der Waals surface area (Å²) >= 11 is 0. The second-order valence-corrected chi connectivity index (χ2v) is 11.0. The normalized spacial score (nSPS) is 15.7. The summed E-state index contributed by atoms with van der Waals surface area (Å²) in [6.07, 6.45) is 0.860. The van der Waals surface area contributed by atoms with E-state index in [1.165, 1.54) is 4.31 Å². The second kappa shape index (κ2) is 11.5. The summed E-state index contributed by atoms with van der Waals surface area (Å²) in [5, 5.41) is 5.88. The highest BCUT2D eigenvalue weighted by molar-refractivity contribution is 7.88. The molecule has 2 amide bonds. The van der Waals surface area contributed by atoms with E-state index >= 15 is 0 Å². The number of anilines is 1. The Balaban J connectivity index is 1.35. The summed E-state index contributed by atoms with van der Waals surface area (Å²) in [7, 11) is -3.45. The van der Waals surface area contributed by atoms with Crippen LogP contribution in [0.5, 0.6) is 0 Å². The molecule has 0 radical (unpaired) electrons. The second-order valence-electron chi connectivity index (χ2n) is 9.06. The third-order valence-electron chi connectivity index (χ3n) is 6.49. The van der Waals surface area contributed by atoms with Crippen molar-refractivity contribution in [3.63, 3.8) is 0 Å². The maximum absolute atomic E-state index is 13.0. The molecule has 36 heavy (non-hydrogen) atoms. The van der Waals surface area contributed by atoms with Gasteiger partial charge in [0.1, 0.15) is 0 Å². The number of piperidine rings is 1. The molecule has 1 fully saturated rings. The molecule has 1 aliphatic heterocycles. The lowest BCUT2D eigenvalue weighted by Crippen LogP contribution is -2.42. The van der Waals surface area contributed by atoms with Crippen molar-refractivity contribution in [1.29, 1.82) is 0 Å². The van der Waals surface area contributed by atoms with Crippen molar-refractivity contribution < 1.29 is 18.0 Å². The molecule has 1 atom stereocenters. The van der Waals surface area contributed by atoms with Crippen molar-refractivity contribution in [2.45, 2.75) is 31.6 Å². The highest BCUT2D eigenvalue weighted by Crippen LogP contribution is 2.24. The molecule has 3 aromatic rings. The predicted molar refractivity (Wildman–Crippen MR) is 141 cm³/mol. The molecule has 1 saturated heterocycles. The zero-order valence-electron chi connectivity index (χ0n) is 20.3. The van der Waals surface area contributed by atoms with Crippen LogP contribution in [0.2, 0.25) is 0 Å². The van der Waals surface area contributed by atoms with Crippen molar-refractivity contribution in [2.24, 2.45) is 5.92 Å². The first-order valence-corrected chi connectivity index (χ1v) is 13.7. The molecular weight excluding hydrogens is 474 g/mol. The highest BCUT2D eigenvalue weighted by Gasteiger charge is 2.31. The van der Waals surface area contributed by atoms with Gasteiger partial charge in [0.05, 0.1) is 23.0 Å². The summed E-state index contributed by atoms with van der Waals surface area (Å²) in [6, 6.07) is 25.5. The van der Waals surface area contributed by atoms with E-state index in [2.05, 4.69) is 10.6 Å². The van der Waals surface area contributed by atoms with Crippen LogP contribution in [-0.2, 0) is 20.6 Å². The predicted octanol–water partition coefficient (Wildman–Crippen LogP) is 4.36. The van der Waals surface area contributed by atoms with E-state index in [-0.39, 0.29) is 29.5 Å². The van der Waals surface area contributed by atoms with Gasteiger partial charge in [0.2, 0.25) is 15.9 Å². The molecule has 188 valence electrons. The van der Waals surface area contributed by atoms with Gasteiger partial charge in [0, 0.05) is 19.0 Å². The minimum absolute atomic E-state index is 0.0470. The lowest BCUT2D eigenvalue weighted by molar-refractivity contribution is -0.120. The van der Waals surface area contributed by atoms with Gasteiger partial charge in [-0.05, 0) is 43.0 Å². The van der Waals surface area contributed by atoms with Crippen LogP contribution in [-0.4, -0.2) is 37.6 Å². The van der Waals surface area contributed by atoms with Gasteiger partial charge < -0.3 is 10.6 Å². The fourth-order valence-corrected chi connectivity index (χ4v) is 5.96. The number of nitrogens with zero attached hydrogens (tertiary/aromatic N) is 1. The monoisotopic (exact) mass is 505 g/mol. The number of hydrogen-bond donors (Lipinski definition) is 2. The largest absolute Gasteiger partial charge is 0.345 e. The zero-order chi connectivity index (χ0) is 25.5. The Morgan fingerprint density at radius 2 is 1.47 bits per heavy atom. The standard InChI is InChI=1S/C28H31N3O4S/c1-21(23-12-6-3-7-13-23)29-28(33)25-14-8-9-15-26(25)30-27(32)24-16-18-31(19-17-24)36(34,35)20-22-10-4-2-5-11-22/h2-15,21,24H,16-20H2,1H3,(H,29,33)(H,30,32)/t21-/m1/s1. The van der Waals surface area contributed by atoms with Crippen LogP contribution in [0.25, 0.3) is 0 Å². The fourth-order valence-electron chi connectivity index (χ4n) is 4.40. The fraction of sp³-hybridized carbons (Fsp3) is 0.286. The summed E-state index contributed by atoms with van der Waals surface area (Å²) in [4.78, 5) is 26.0. The minimum atomic E-state index is -3.45. The number of carbonyl (C=O) groups is 2. The van der Waals surface area contributed by atoms with Crippen molar-refractivity contribution in [3.05, 3.63) is 102 Å². The maximum atomic E-state index is 13.0. The summed E-state index contributed by atoms with van der Waals surface area (Å²) in [5.41, 5.74) is 2.56. The Morgan fingerprint density at radius 1 is 0.889 bits per heavy atom. The summed E-state index contributed by atoms with van der Waals surface area (Å²) in [5.74, 6) is -0.850. The van der Waals surface area contributed by atoms with E-state index in [1.807, 2.05) is 55.5 Å². The Labute approximate surface area is 212 Å². The summed E-state index contributed by atoms with van der Waals surface area (Å²) < 4.78 is 27.1. The van der Waals surface area contributed by atoms with Gasteiger partial charge in [-0.1, -0.05) is 72.8 Å². The van der Waals surface area contributed by atoms with Crippen LogP contribution in [0.15, 0.2) is 84.9 Å². The number of benzene rings is 3. The molecule has 0 bridgehead atoms. The van der Waals surface area contributed by atoms with Gasteiger partial charge in [-0.15, -0.1) is 0 Å². The molecule has 0 unspecified atom stereocenters. The van der Waals surface area contributed by atoms with E-state index in [1.54, 1.807) is 36.4 Å². The van der Waals surface area contributed by atoms with Crippen molar-refractivity contribution in [1.82, 2.24) is 9.62 Å². The first kappa shape index (κ1) is 25.6. The molecule has 0 aliphatic carbocycles. The number of amides is 2. The molecule has 0 spiro atoms. The molecule has 0 aromatic heterocycles. The number of carbonyl (C=O) groups excluding carboxylic acids is 2. The molecule has 3 aromatic carbocycles. The molecule has 8 heteroatoms. The van der Waals surface area contributed by atoms with Crippen LogP contribution in [0.4, 0.5) is 5.69 Å². The molecular formula is C28H31N3O4S. The van der Waals surface area contributed by atoms with Crippen LogP contribution in [0.1, 0.15) is 47.3 Å². The number of nitrogens with one attached hydrogen (secondary N) is 2. The summed E-state index contributed by atoms with van der Waals surface area (Å²) in [6.45, 7) is 2.50. The molecule has 4 rings (SSSR count). The number of para-hydroxylation sites is 1. The maximum Gasteiger partial charge on any atom is 0.253 e. The van der Waals surface area contributed by atoms with Gasteiger partial charge in [-0.25, -0.2) is 12.7 Å². The van der Waals surface area contributed by atoms with Gasteiger partial charge in [0.25, 0.3) is 5.91 Å². The van der Waals surface area contributed by atoms with Crippen LogP contribution in [0, 0.1) is 5.92 Å². The van der Waals surface area contributed by atoms with Crippen LogP contribution < -0.4 is 10.6 Å². The number of rotatable bonds is 8. The van der Waals surface area contributed by atoms with E-state index in [9.17, 15) is 18.0 Å². The quantitative estimate of drug-likeness (QED) is 0.476. The number of hydrogen-bond acceptors (Lipinski definition) is 4. The molecule has 7 nitrogen and oxygen atoms in total. The Bertz CT molecular complexity index is 1290. The zero-order valence-corrected chi connectivity index (χ0v) is 21.1.